The van der Waals surface area contributed by atoms with Crippen molar-refractivity contribution in [2.24, 2.45) is 0 Å². The van der Waals surface area contributed by atoms with E-state index in [4.69, 9.17) is 27.6 Å². The Bertz CT molecular complexity index is 706. The van der Waals surface area contributed by atoms with Crippen LogP contribution in [0.2, 0.25) is 10.0 Å². The zero-order chi connectivity index (χ0) is 12.7. The van der Waals surface area contributed by atoms with Gasteiger partial charge in [0.05, 0.1) is 15.6 Å². The van der Waals surface area contributed by atoms with Gasteiger partial charge in [-0.25, -0.2) is 4.98 Å². The summed E-state index contributed by atoms with van der Waals surface area (Å²) in [5, 5.41) is 1.02. The number of nitrogens with zero attached hydrogens (tertiary/aromatic N) is 1. The van der Waals surface area contributed by atoms with E-state index in [1.54, 1.807) is 12.1 Å². The Morgan fingerprint density at radius 3 is 2.61 bits per heavy atom. The second-order valence-corrected chi connectivity index (χ2v) is 5.07. The zero-order valence-electron chi connectivity index (χ0n) is 9.02. The van der Waals surface area contributed by atoms with Crippen molar-refractivity contribution in [3.63, 3.8) is 0 Å². The summed E-state index contributed by atoms with van der Waals surface area (Å²) < 4.78 is 5.65. The second kappa shape index (κ2) is 4.50. The third-order valence-corrected chi connectivity index (χ3v) is 3.69. The van der Waals surface area contributed by atoms with Crippen LogP contribution in [0.4, 0.5) is 0 Å². The average molecular weight is 296 g/mol. The van der Waals surface area contributed by atoms with Crippen LogP contribution in [0.1, 0.15) is 0 Å². The van der Waals surface area contributed by atoms with Crippen LogP contribution in [0.3, 0.4) is 0 Å². The van der Waals surface area contributed by atoms with Gasteiger partial charge >= 0.3 is 0 Å². The van der Waals surface area contributed by atoms with Crippen LogP contribution in [0.5, 0.6) is 0 Å². The van der Waals surface area contributed by atoms with Crippen LogP contribution >= 0.6 is 35.8 Å². The standard InChI is InChI=1S/C13H7Cl2NOS/c14-8-6-12(18)9(15)5-7(8)13-16-10-3-1-2-4-11(10)17-13/h1-6,18H. The van der Waals surface area contributed by atoms with E-state index in [0.29, 0.717) is 26.4 Å². The van der Waals surface area contributed by atoms with E-state index in [1.165, 1.54) is 0 Å². The van der Waals surface area contributed by atoms with E-state index >= 15 is 0 Å². The van der Waals surface area contributed by atoms with Gasteiger partial charge in [-0.15, -0.1) is 12.6 Å². The molecule has 0 radical (unpaired) electrons. The smallest absolute Gasteiger partial charge is 0.228 e. The number of hydrogen-bond acceptors (Lipinski definition) is 3. The predicted octanol–water partition coefficient (Wildman–Crippen LogP) is 5.09. The van der Waals surface area contributed by atoms with E-state index < -0.39 is 0 Å². The van der Waals surface area contributed by atoms with E-state index in [-0.39, 0.29) is 0 Å². The van der Waals surface area contributed by atoms with Crippen molar-refractivity contribution in [3.05, 3.63) is 46.4 Å². The van der Waals surface area contributed by atoms with Crippen LogP contribution in [0.25, 0.3) is 22.6 Å². The Morgan fingerprint density at radius 2 is 1.83 bits per heavy atom. The van der Waals surface area contributed by atoms with E-state index in [1.807, 2.05) is 24.3 Å². The first kappa shape index (κ1) is 11.9. The topological polar surface area (TPSA) is 26.0 Å². The highest BCUT2D eigenvalue weighted by molar-refractivity contribution is 7.80. The van der Waals surface area contributed by atoms with E-state index in [2.05, 4.69) is 17.6 Å². The highest BCUT2D eigenvalue weighted by Gasteiger charge is 2.13. The molecule has 3 aromatic rings. The van der Waals surface area contributed by atoms with Crippen molar-refractivity contribution in [3.8, 4) is 11.5 Å². The molecular weight excluding hydrogens is 289 g/mol. The van der Waals surface area contributed by atoms with Gasteiger partial charge in [0.2, 0.25) is 5.89 Å². The van der Waals surface area contributed by atoms with Gasteiger partial charge in [-0.2, -0.15) is 0 Å². The van der Waals surface area contributed by atoms with Crippen molar-refractivity contribution in [1.29, 1.82) is 0 Å². The summed E-state index contributed by atoms with van der Waals surface area (Å²) in [6.45, 7) is 0. The maximum Gasteiger partial charge on any atom is 0.228 e. The summed E-state index contributed by atoms with van der Waals surface area (Å²) in [6.07, 6.45) is 0. The number of fused-ring (bicyclic) bond motifs is 1. The molecule has 18 heavy (non-hydrogen) atoms. The second-order valence-electron chi connectivity index (χ2n) is 3.77. The molecule has 5 heteroatoms. The lowest BCUT2D eigenvalue weighted by Crippen LogP contribution is -1.81. The molecule has 0 bridgehead atoms. The maximum atomic E-state index is 6.16. The Kier molecular flexibility index (Phi) is 2.98. The van der Waals surface area contributed by atoms with Gasteiger partial charge in [-0.05, 0) is 24.3 Å². The number of thiol groups is 1. The molecule has 0 aliphatic heterocycles. The van der Waals surface area contributed by atoms with Gasteiger partial charge in [0.15, 0.2) is 5.58 Å². The molecule has 0 unspecified atom stereocenters. The van der Waals surface area contributed by atoms with Gasteiger partial charge < -0.3 is 4.42 Å². The number of hydrogen-bond donors (Lipinski definition) is 1. The average Bonchev–Trinajstić information content (AvgIpc) is 2.77. The molecule has 1 aromatic heterocycles. The van der Waals surface area contributed by atoms with Crippen LogP contribution in [0.15, 0.2) is 45.7 Å². The molecule has 1 heterocycles. The number of para-hydroxylation sites is 2. The Balaban J connectivity index is 2.22. The summed E-state index contributed by atoms with van der Waals surface area (Å²) in [5.41, 5.74) is 2.17. The predicted molar refractivity (Wildman–Crippen MR) is 76.7 cm³/mol. The van der Waals surface area contributed by atoms with Crippen LogP contribution in [-0.2, 0) is 0 Å². The van der Waals surface area contributed by atoms with Gasteiger partial charge in [0.1, 0.15) is 5.52 Å². The summed E-state index contributed by atoms with van der Waals surface area (Å²) in [5.74, 6) is 0.455. The highest BCUT2D eigenvalue weighted by Crippen LogP contribution is 2.35. The Morgan fingerprint density at radius 1 is 1.06 bits per heavy atom. The largest absolute Gasteiger partial charge is 0.436 e. The third-order valence-electron chi connectivity index (χ3n) is 2.56. The Labute approximate surface area is 119 Å². The molecule has 0 saturated heterocycles. The molecule has 0 aliphatic rings. The van der Waals surface area contributed by atoms with Gasteiger partial charge in [-0.1, -0.05) is 35.3 Å². The van der Waals surface area contributed by atoms with E-state index in [9.17, 15) is 0 Å². The SMILES string of the molecule is Sc1cc(Cl)c(-c2nc3ccccc3o2)cc1Cl. The lowest BCUT2D eigenvalue weighted by Gasteiger charge is -2.02. The normalized spacial score (nSPS) is 11.1. The first-order chi connectivity index (χ1) is 8.65. The molecule has 3 rings (SSSR count). The zero-order valence-corrected chi connectivity index (χ0v) is 11.4. The summed E-state index contributed by atoms with van der Waals surface area (Å²) >= 11 is 16.4. The van der Waals surface area contributed by atoms with Crippen molar-refractivity contribution in [2.75, 3.05) is 0 Å². The van der Waals surface area contributed by atoms with Crippen molar-refractivity contribution >= 4 is 46.9 Å². The van der Waals surface area contributed by atoms with Gasteiger partial charge in [0, 0.05) is 4.90 Å². The minimum atomic E-state index is 0.455. The van der Waals surface area contributed by atoms with Crippen LogP contribution in [-0.4, -0.2) is 4.98 Å². The van der Waals surface area contributed by atoms with Crippen LogP contribution < -0.4 is 0 Å². The minimum Gasteiger partial charge on any atom is -0.436 e. The molecule has 2 aromatic carbocycles. The number of oxazole rings is 1. The molecule has 0 spiro atoms. The molecule has 0 saturated carbocycles. The monoisotopic (exact) mass is 295 g/mol. The lowest BCUT2D eigenvalue weighted by atomic mass is 10.2. The summed E-state index contributed by atoms with van der Waals surface area (Å²) in [4.78, 5) is 5.01. The minimum absolute atomic E-state index is 0.455. The van der Waals surface area contributed by atoms with Crippen molar-refractivity contribution in [1.82, 2.24) is 4.98 Å². The molecular formula is C13H7Cl2NOS. The molecule has 0 amide bonds. The molecule has 90 valence electrons. The van der Waals surface area contributed by atoms with Crippen molar-refractivity contribution < 1.29 is 4.42 Å². The quantitative estimate of drug-likeness (QED) is 0.633. The Hall–Kier alpha value is -1.16. The third kappa shape index (κ3) is 1.99. The maximum absolute atomic E-state index is 6.16. The fraction of sp³-hybridized carbons (Fsp3) is 0. The highest BCUT2D eigenvalue weighted by atomic mass is 35.5. The molecule has 2 nitrogen and oxygen atoms in total. The fourth-order valence-corrected chi connectivity index (χ4v) is 2.37. The van der Waals surface area contributed by atoms with Gasteiger partial charge in [-0.3, -0.25) is 0 Å². The number of benzene rings is 2. The number of rotatable bonds is 1. The molecule has 0 atom stereocenters. The van der Waals surface area contributed by atoms with E-state index in [0.717, 1.165) is 11.1 Å². The van der Waals surface area contributed by atoms with Crippen LogP contribution in [0, 0.1) is 0 Å². The van der Waals surface area contributed by atoms with Crippen molar-refractivity contribution in [2.45, 2.75) is 4.90 Å². The fourth-order valence-electron chi connectivity index (χ4n) is 1.69. The number of aromatic nitrogens is 1. The first-order valence-electron chi connectivity index (χ1n) is 5.19. The molecule has 0 N–H and O–H groups in total. The molecule has 0 fully saturated rings. The number of halogens is 2. The molecule has 0 aliphatic carbocycles. The summed E-state index contributed by atoms with van der Waals surface area (Å²) in [7, 11) is 0. The summed E-state index contributed by atoms with van der Waals surface area (Å²) in [6, 6.07) is 10.9. The first-order valence-corrected chi connectivity index (χ1v) is 6.39. The van der Waals surface area contributed by atoms with Gasteiger partial charge in [0.25, 0.3) is 0 Å². The lowest BCUT2D eigenvalue weighted by molar-refractivity contribution is 0.620.